The molecule has 0 fully saturated rings. The van der Waals surface area contributed by atoms with Crippen molar-refractivity contribution in [3.63, 3.8) is 0 Å². The van der Waals surface area contributed by atoms with E-state index in [0.29, 0.717) is 0 Å². The van der Waals surface area contributed by atoms with Crippen molar-refractivity contribution in [3.8, 4) is 0 Å². The maximum absolute atomic E-state index is 9.31. The zero-order valence-corrected chi connectivity index (χ0v) is 13.9. The average molecular weight is 287 g/mol. The van der Waals surface area contributed by atoms with Gasteiger partial charge in [-0.2, -0.15) is 0 Å². The fourth-order valence-corrected chi connectivity index (χ4v) is 2.33. The van der Waals surface area contributed by atoms with Crippen LogP contribution in [0.3, 0.4) is 0 Å². The number of rotatable bonds is 16. The summed E-state index contributed by atoms with van der Waals surface area (Å²) in [6.07, 6.45) is 14.4. The fourth-order valence-electron chi connectivity index (χ4n) is 2.33. The Morgan fingerprint density at radius 1 is 0.700 bits per heavy atom. The van der Waals surface area contributed by atoms with Gasteiger partial charge in [-0.25, -0.2) is 0 Å². The van der Waals surface area contributed by atoms with E-state index in [4.69, 9.17) is 0 Å². The molecule has 0 bridgehead atoms. The Hall–Kier alpha value is -0.120. The normalized spacial score (nSPS) is 12.8. The standard InChI is InChI=1S/C17H38N2O/c1-3-5-6-7-8-9-10-11-12-13-14-18-15-16-19-17(20)4-2/h17-20H,3-16H2,1-2H3. The van der Waals surface area contributed by atoms with Crippen molar-refractivity contribution < 1.29 is 5.11 Å². The quantitative estimate of drug-likeness (QED) is 0.298. The Kier molecular flexibility index (Phi) is 16.8. The molecule has 0 aromatic heterocycles. The van der Waals surface area contributed by atoms with E-state index >= 15 is 0 Å². The van der Waals surface area contributed by atoms with Gasteiger partial charge in [0.2, 0.25) is 0 Å². The van der Waals surface area contributed by atoms with Crippen molar-refractivity contribution in [1.82, 2.24) is 10.6 Å². The summed E-state index contributed by atoms with van der Waals surface area (Å²) in [6, 6.07) is 0. The predicted molar refractivity (Wildman–Crippen MR) is 89.0 cm³/mol. The second kappa shape index (κ2) is 16.9. The SMILES string of the molecule is CCCCCCCCCCCCNCCNC(O)CC. The fraction of sp³-hybridized carbons (Fsp3) is 1.00. The Morgan fingerprint density at radius 3 is 1.80 bits per heavy atom. The molecule has 0 radical (unpaired) electrons. The van der Waals surface area contributed by atoms with Gasteiger partial charge in [0.05, 0.1) is 0 Å². The predicted octanol–water partition coefficient (Wildman–Crippen LogP) is 3.81. The van der Waals surface area contributed by atoms with Crippen LogP contribution in [0.25, 0.3) is 0 Å². The summed E-state index contributed by atoms with van der Waals surface area (Å²) < 4.78 is 0. The van der Waals surface area contributed by atoms with Gasteiger partial charge < -0.3 is 10.4 Å². The van der Waals surface area contributed by atoms with Crippen molar-refractivity contribution in [1.29, 1.82) is 0 Å². The van der Waals surface area contributed by atoms with Crippen LogP contribution in [0.5, 0.6) is 0 Å². The highest BCUT2D eigenvalue weighted by Crippen LogP contribution is 2.10. The van der Waals surface area contributed by atoms with Gasteiger partial charge in [-0.1, -0.05) is 71.6 Å². The summed E-state index contributed by atoms with van der Waals surface area (Å²) in [5.41, 5.74) is 0. The number of aliphatic hydroxyl groups is 1. The number of nitrogens with one attached hydrogen (secondary N) is 2. The zero-order valence-electron chi connectivity index (χ0n) is 13.9. The van der Waals surface area contributed by atoms with Gasteiger partial charge in [0.15, 0.2) is 0 Å². The molecule has 0 aliphatic heterocycles. The lowest BCUT2D eigenvalue weighted by Crippen LogP contribution is -2.34. The van der Waals surface area contributed by atoms with Gasteiger partial charge >= 0.3 is 0 Å². The van der Waals surface area contributed by atoms with Crippen LogP contribution in [0.15, 0.2) is 0 Å². The van der Waals surface area contributed by atoms with Crippen LogP contribution in [0.1, 0.15) is 84.5 Å². The summed E-state index contributed by atoms with van der Waals surface area (Å²) in [6.45, 7) is 7.17. The van der Waals surface area contributed by atoms with E-state index in [2.05, 4.69) is 17.6 Å². The highest BCUT2D eigenvalue weighted by Gasteiger charge is 1.97. The first-order valence-corrected chi connectivity index (χ1v) is 8.93. The maximum Gasteiger partial charge on any atom is 0.104 e. The molecule has 0 saturated carbocycles. The largest absolute Gasteiger partial charge is 0.379 e. The van der Waals surface area contributed by atoms with E-state index in [1.807, 2.05) is 6.92 Å². The maximum atomic E-state index is 9.31. The Morgan fingerprint density at radius 2 is 1.25 bits per heavy atom. The minimum atomic E-state index is -0.339. The average Bonchev–Trinajstić information content (AvgIpc) is 2.47. The summed E-state index contributed by atoms with van der Waals surface area (Å²) in [5, 5.41) is 15.8. The number of hydrogen-bond acceptors (Lipinski definition) is 3. The Labute approximate surface area is 126 Å². The van der Waals surface area contributed by atoms with Crippen LogP contribution in [0.4, 0.5) is 0 Å². The molecule has 3 nitrogen and oxygen atoms in total. The molecule has 0 heterocycles. The van der Waals surface area contributed by atoms with Gasteiger partial charge in [0.1, 0.15) is 6.23 Å². The van der Waals surface area contributed by atoms with E-state index in [9.17, 15) is 5.11 Å². The third-order valence-corrected chi connectivity index (χ3v) is 3.78. The highest BCUT2D eigenvalue weighted by molar-refractivity contribution is 4.55. The Bertz CT molecular complexity index is 176. The lowest BCUT2D eigenvalue weighted by Gasteiger charge is -2.10. The summed E-state index contributed by atoms with van der Waals surface area (Å²) in [4.78, 5) is 0. The van der Waals surface area contributed by atoms with Crippen LogP contribution in [0.2, 0.25) is 0 Å². The van der Waals surface area contributed by atoms with E-state index in [1.54, 1.807) is 0 Å². The molecule has 1 atom stereocenters. The molecular weight excluding hydrogens is 248 g/mol. The van der Waals surface area contributed by atoms with Gasteiger partial charge in [-0.3, -0.25) is 5.32 Å². The lowest BCUT2D eigenvalue weighted by atomic mass is 10.1. The molecule has 0 aliphatic carbocycles. The third-order valence-electron chi connectivity index (χ3n) is 3.78. The molecule has 1 unspecified atom stereocenters. The zero-order chi connectivity index (χ0) is 14.9. The van der Waals surface area contributed by atoms with Gasteiger partial charge in [0.25, 0.3) is 0 Å². The molecule has 0 aliphatic rings. The summed E-state index contributed by atoms with van der Waals surface area (Å²) >= 11 is 0. The van der Waals surface area contributed by atoms with Crippen LogP contribution >= 0.6 is 0 Å². The molecule has 0 saturated heterocycles. The van der Waals surface area contributed by atoms with Gasteiger partial charge in [-0.05, 0) is 19.4 Å². The van der Waals surface area contributed by atoms with Crippen LogP contribution in [0, 0.1) is 0 Å². The number of aliphatic hydroxyl groups excluding tert-OH is 1. The topological polar surface area (TPSA) is 44.3 Å². The van der Waals surface area contributed by atoms with E-state index in [-0.39, 0.29) is 6.23 Å². The first-order chi connectivity index (χ1) is 9.81. The molecule has 0 amide bonds. The van der Waals surface area contributed by atoms with Crippen LogP contribution in [-0.2, 0) is 0 Å². The first kappa shape index (κ1) is 19.9. The van der Waals surface area contributed by atoms with Crippen molar-refractivity contribution in [2.24, 2.45) is 0 Å². The molecular formula is C17H38N2O. The van der Waals surface area contributed by atoms with Gasteiger partial charge in [-0.15, -0.1) is 0 Å². The molecule has 3 heteroatoms. The minimum Gasteiger partial charge on any atom is -0.379 e. The molecule has 20 heavy (non-hydrogen) atoms. The lowest BCUT2D eigenvalue weighted by molar-refractivity contribution is 0.134. The van der Waals surface area contributed by atoms with E-state index in [0.717, 1.165) is 26.1 Å². The first-order valence-electron chi connectivity index (χ1n) is 8.93. The number of hydrogen-bond donors (Lipinski definition) is 3. The minimum absolute atomic E-state index is 0.339. The molecule has 0 spiro atoms. The van der Waals surface area contributed by atoms with Crippen molar-refractivity contribution >= 4 is 0 Å². The summed E-state index contributed by atoms with van der Waals surface area (Å²) in [7, 11) is 0. The van der Waals surface area contributed by atoms with Crippen molar-refractivity contribution in [3.05, 3.63) is 0 Å². The van der Waals surface area contributed by atoms with Crippen molar-refractivity contribution in [2.75, 3.05) is 19.6 Å². The molecule has 122 valence electrons. The van der Waals surface area contributed by atoms with Crippen LogP contribution < -0.4 is 10.6 Å². The molecule has 3 N–H and O–H groups in total. The van der Waals surface area contributed by atoms with Crippen molar-refractivity contribution in [2.45, 2.75) is 90.7 Å². The summed E-state index contributed by atoms with van der Waals surface area (Å²) in [5.74, 6) is 0. The smallest absolute Gasteiger partial charge is 0.104 e. The monoisotopic (exact) mass is 286 g/mol. The van der Waals surface area contributed by atoms with E-state index in [1.165, 1.54) is 64.2 Å². The molecule has 0 rings (SSSR count). The second-order valence-corrected chi connectivity index (χ2v) is 5.81. The second-order valence-electron chi connectivity index (χ2n) is 5.81. The number of unbranched alkanes of at least 4 members (excludes halogenated alkanes) is 9. The van der Waals surface area contributed by atoms with E-state index < -0.39 is 0 Å². The molecule has 0 aromatic rings. The van der Waals surface area contributed by atoms with Crippen LogP contribution in [-0.4, -0.2) is 31.0 Å². The highest BCUT2D eigenvalue weighted by atomic mass is 16.3. The third kappa shape index (κ3) is 15.9. The molecule has 0 aromatic carbocycles. The Balaban J connectivity index is 2.96. The van der Waals surface area contributed by atoms with Gasteiger partial charge in [0, 0.05) is 13.1 Å².